The highest BCUT2D eigenvalue weighted by molar-refractivity contribution is 5.83. The molecule has 1 aromatic heterocycles. The molecule has 1 atom stereocenters. The van der Waals surface area contributed by atoms with Gasteiger partial charge in [-0.3, -0.25) is 14.3 Å². The minimum atomic E-state index is -0.303. The molecule has 1 N–H and O–H groups in total. The van der Waals surface area contributed by atoms with Gasteiger partial charge in [-0.1, -0.05) is 0 Å². The van der Waals surface area contributed by atoms with E-state index in [1.54, 1.807) is 36.5 Å². The summed E-state index contributed by atoms with van der Waals surface area (Å²) in [5.41, 5.74) is 0.876. The van der Waals surface area contributed by atoms with Crippen LogP contribution in [0.1, 0.15) is 19.3 Å². The number of benzene rings is 2. The fourth-order valence-electron chi connectivity index (χ4n) is 4.71. The van der Waals surface area contributed by atoms with Gasteiger partial charge < -0.3 is 10.0 Å². The number of likely N-dealkylation sites (tertiary alicyclic amines) is 1. The molecular formula is C23H24FN3O2. The number of phenolic OH excluding ortho intramolecular Hbond substituents is 1. The lowest BCUT2D eigenvalue weighted by atomic mass is 10.1. The first-order valence-electron chi connectivity index (χ1n) is 10.2. The van der Waals surface area contributed by atoms with Crippen molar-refractivity contribution >= 4 is 16.5 Å². The predicted octanol–water partition coefficient (Wildman–Crippen LogP) is 3.51. The van der Waals surface area contributed by atoms with Crippen molar-refractivity contribution in [2.75, 3.05) is 31.1 Å². The van der Waals surface area contributed by atoms with Crippen molar-refractivity contribution in [2.45, 2.75) is 25.3 Å². The summed E-state index contributed by atoms with van der Waals surface area (Å²) < 4.78 is 16.4. The van der Waals surface area contributed by atoms with Gasteiger partial charge in [-0.2, -0.15) is 0 Å². The van der Waals surface area contributed by atoms with Gasteiger partial charge in [0.1, 0.15) is 11.6 Å². The molecule has 0 amide bonds. The Bertz CT molecular complexity index is 1120. The normalized spacial score (nSPS) is 20.0. The lowest BCUT2D eigenvalue weighted by molar-refractivity contribution is 0.260. The molecule has 2 fully saturated rings. The summed E-state index contributed by atoms with van der Waals surface area (Å²) in [5.74, 6) is -0.190. The number of fused-ring (bicyclic) bond motifs is 1. The Balaban J connectivity index is 1.43. The van der Waals surface area contributed by atoms with E-state index in [9.17, 15) is 14.3 Å². The number of aromatic nitrogens is 1. The molecule has 0 saturated carbocycles. The zero-order valence-electron chi connectivity index (χ0n) is 16.2. The molecule has 2 aliphatic heterocycles. The monoisotopic (exact) mass is 393 g/mol. The topological polar surface area (TPSA) is 48.7 Å². The van der Waals surface area contributed by atoms with Crippen molar-refractivity contribution in [1.29, 1.82) is 0 Å². The van der Waals surface area contributed by atoms with Crippen molar-refractivity contribution in [1.82, 2.24) is 9.47 Å². The fourth-order valence-corrected chi connectivity index (χ4v) is 4.71. The third-order valence-corrected chi connectivity index (χ3v) is 6.26. The molecule has 2 aromatic carbocycles. The number of nitrogens with zero attached hydrogens (tertiary/aromatic N) is 3. The largest absolute Gasteiger partial charge is 0.508 e. The van der Waals surface area contributed by atoms with Crippen molar-refractivity contribution in [3.8, 4) is 11.4 Å². The maximum atomic E-state index is 15.0. The molecule has 5 nitrogen and oxygen atoms in total. The average molecular weight is 393 g/mol. The summed E-state index contributed by atoms with van der Waals surface area (Å²) in [6, 6.07) is 11.9. The Hall–Kier alpha value is -2.86. The SMILES string of the molecule is O=c1c2ccc(O)cc2ccn1-c1ccc(N2CC[C@@H](N3CCCC3)C2)c(F)c1. The van der Waals surface area contributed by atoms with Gasteiger partial charge in [-0.15, -0.1) is 0 Å². The van der Waals surface area contributed by atoms with Crippen LogP contribution in [0.2, 0.25) is 0 Å². The zero-order chi connectivity index (χ0) is 20.0. The number of hydrogen-bond donors (Lipinski definition) is 1. The Morgan fingerprint density at radius 1 is 1.00 bits per heavy atom. The van der Waals surface area contributed by atoms with Crippen molar-refractivity contribution in [3.05, 3.63) is 64.8 Å². The van der Waals surface area contributed by atoms with Crippen molar-refractivity contribution < 1.29 is 9.50 Å². The van der Waals surface area contributed by atoms with Gasteiger partial charge in [-0.05, 0) is 74.1 Å². The van der Waals surface area contributed by atoms with Gasteiger partial charge >= 0.3 is 0 Å². The highest BCUT2D eigenvalue weighted by Crippen LogP contribution is 2.28. The quantitative estimate of drug-likeness (QED) is 0.740. The van der Waals surface area contributed by atoms with Crippen LogP contribution in [0.15, 0.2) is 53.5 Å². The minimum absolute atomic E-state index is 0.114. The number of aromatic hydroxyl groups is 1. The first-order valence-corrected chi connectivity index (χ1v) is 10.2. The number of anilines is 1. The summed E-state index contributed by atoms with van der Waals surface area (Å²) in [5, 5.41) is 10.7. The van der Waals surface area contributed by atoms with Crippen LogP contribution in [0, 0.1) is 5.82 Å². The van der Waals surface area contributed by atoms with Gasteiger partial charge in [-0.25, -0.2) is 4.39 Å². The highest BCUT2D eigenvalue weighted by Gasteiger charge is 2.30. The molecule has 150 valence electrons. The minimum Gasteiger partial charge on any atom is -0.508 e. The number of phenols is 1. The Labute approximate surface area is 168 Å². The maximum absolute atomic E-state index is 15.0. The van der Waals surface area contributed by atoms with Crippen LogP contribution in [0.3, 0.4) is 0 Å². The van der Waals surface area contributed by atoms with Crippen LogP contribution < -0.4 is 10.5 Å². The Morgan fingerprint density at radius 3 is 2.62 bits per heavy atom. The summed E-state index contributed by atoms with van der Waals surface area (Å²) in [6.45, 7) is 4.03. The molecule has 0 bridgehead atoms. The molecule has 0 unspecified atom stereocenters. The molecule has 2 saturated heterocycles. The molecule has 5 rings (SSSR count). The van der Waals surface area contributed by atoms with Crippen LogP contribution in [-0.4, -0.2) is 46.8 Å². The second-order valence-electron chi connectivity index (χ2n) is 8.03. The summed E-state index contributed by atoms with van der Waals surface area (Å²) in [6.07, 6.45) is 5.22. The lowest BCUT2D eigenvalue weighted by Crippen LogP contribution is -2.35. The van der Waals surface area contributed by atoms with E-state index in [-0.39, 0.29) is 17.1 Å². The average Bonchev–Trinajstić information content (AvgIpc) is 3.40. The first-order chi connectivity index (χ1) is 14.1. The van der Waals surface area contributed by atoms with E-state index in [2.05, 4.69) is 9.80 Å². The summed E-state index contributed by atoms with van der Waals surface area (Å²) in [4.78, 5) is 17.5. The van der Waals surface area contributed by atoms with Gasteiger partial charge in [0.2, 0.25) is 0 Å². The van der Waals surface area contributed by atoms with E-state index in [0.29, 0.717) is 28.2 Å². The molecular weight excluding hydrogens is 369 g/mol. The molecule has 0 spiro atoms. The van der Waals surface area contributed by atoms with Crippen LogP contribution >= 0.6 is 0 Å². The molecule has 29 heavy (non-hydrogen) atoms. The van der Waals surface area contributed by atoms with Crippen molar-refractivity contribution in [3.63, 3.8) is 0 Å². The number of hydrogen-bond acceptors (Lipinski definition) is 4. The van der Waals surface area contributed by atoms with E-state index in [1.165, 1.54) is 29.5 Å². The van der Waals surface area contributed by atoms with Crippen LogP contribution in [-0.2, 0) is 0 Å². The molecule has 0 radical (unpaired) electrons. The number of rotatable bonds is 3. The molecule has 2 aliphatic rings. The van der Waals surface area contributed by atoms with Gasteiger partial charge in [0.25, 0.3) is 5.56 Å². The summed E-state index contributed by atoms with van der Waals surface area (Å²) in [7, 11) is 0. The molecule has 3 heterocycles. The zero-order valence-corrected chi connectivity index (χ0v) is 16.2. The van der Waals surface area contributed by atoms with Gasteiger partial charge in [0.05, 0.1) is 11.4 Å². The fraction of sp³-hybridized carbons (Fsp3) is 0.348. The Kier molecular flexibility index (Phi) is 4.51. The number of pyridine rings is 1. The smallest absolute Gasteiger partial charge is 0.262 e. The third kappa shape index (κ3) is 3.27. The molecule has 0 aliphatic carbocycles. The number of halogens is 1. The van der Waals surface area contributed by atoms with Crippen LogP contribution in [0.4, 0.5) is 10.1 Å². The van der Waals surface area contributed by atoms with E-state index < -0.39 is 0 Å². The highest BCUT2D eigenvalue weighted by atomic mass is 19.1. The van der Waals surface area contributed by atoms with Crippen molar-refractivity contribution in [2.24, 2.45) is 0 Å². The standard InChI is InChI=1S/C23H24FN3O2/c24-21-14-17(27-12-7-16-13-19(28)4-5-20(16)23(27)29)3-6-22(21)26-11-8-18(15-26)25-9-1-2-10-25/h3-7,12-14,18,28H,1-2,8-11,15H2/t18-/m1/s1. The van der Waals surface area contributed by atoms with E-state index >= 15 is 0 Å². The lowest BCUT2D eigenvalue weighted by Gasteiger charge is -2.25. The first kappa shape index (κ1) is 18.2. The second-order valence-corrected chi connectivity index (χ2v) is 8.03. The maximum Gasteiger partial charge on any atom is 0.262 e. The van der Waals surface area contributed by atoms with E-state index in [4.69, 9.17) is 0 Å². The van der Waals surface area contributed by atoms with Gasteiger partial charge in [0, 0.05) is 36.8 Å². The molecule has 3 aromatic rings. The summed E-state index contributed by atoms with van der Waals surface area (Å²) >= 11 is 0. The predicted molar refractivity (Wildman–Crippen MR) is 113 cm³/mol. The molecule has 6 heteroatoms. The van der Waals surface area contributed by atoms with Crippen LogP contribution in [0.25, 0.3) is 16.5 Å². The Morgan fingerprint density at radius 2 is 1.83 bits per heavy atom. The van der Waals surface area contributed by atoms with E-state index in [0.717, 1.165) is 32.6 Å². The van der Waals surface area contributed by atoms with Crippen LogP contribution in [0.5, 0.6) is 5.75 Å². The second kappa shape index (κ2) is 7.19. The van der Waals surface area contributed by atoms with Gasteiger partial charge in [0.15, 0.2) is 0 Å². The third-order valence-electron chi connectivity index (χ3n) is 6.26. The van der Waals surface area contributed by atoms with E-state index in [1.807, 2.05) is 0 Å².